The molecule has 0 radical (unpaired) electrons. The Bertz CT molecular complexity index is 864. The molecule has 1 aliphatic rings. The molecule has 1 amide bonds. The lowest BCUT2D eigenvalue weighted by molar-refractivity contribution is -0.114. The summed E-state index contributed by atoms with van der Waals surface area (Å²) in [4.78, 5) is 12.5. The third kappa shape index (κ3) is 3.94. The summed E-state index contributed by atoms with van der Waals surface area (Å²) in [6.07, 6.45) is 1.68. The molecule has 2 aromatic rings. The van der Waals surface area contributed by atoms with Crippen molar-refractivity contribution in [1.82, 2.24) is 10.9 Å². The van der Waals surface area contributed by atoms with Crippen molar-refractivity contribution >= 4 is 29.4 Å². The Hall–Kier alpha value is -2.66. The first-order valence-corrected chi connectivity index (χ1v) is 8.80. The van der Waals surface area contributed by atoms with Gasteiger partial charge in [0.05, 0.1) is 12.1 Å². The number of hydrazone groups is 2. The second kappa shape index (κ2) is 7.70. The molecule has 26 heavy (non-hydrogen) atoms. The average molecular weight is 369 g/mol. The molecule has 0 fully saturated rings. The van der Waals surface area contributed by atoms with Gasteiger partial charge in [0.1, 0.15) is 5.71 Å². The van der Waals surface area contributed by atoms with Crippen LogP contribution in [0.1, 0.15) is 33.7 Å². The Kier molecular flexibility index (Phi) is 5.38. The molecule has 3 rings (SSSR count). The van der Waals surface area contributed by atoms with Gasteiger partial charge in [0, 0.05) is 17.1 Å². The standard InChI is InChI=1S/C20H21ClN4O/c1-12-8-13(2)17(14(3)9-12)10-23-25-20(26)19-18(11-22-24-19)15-4-6-16(21)7-5-15/h4-10,18,22H,11H2,1-3H3,(H,25,26)/b23-10-. The summed E-state index contributed by atoms with van der Waals surface area (Å²) in [6, 6.07) is 11.6. The van der Waals surface area contributed by atoms with Gasteiger partial charge in [-0.25, -0.2) is 5.43 Å². The van der Waals surface area contributed by atoms with E-state index in [1.165, 1.54) is 5.56 Å². The third-order valence-electron chi connectivity index (χ3n) is 4.43. The van der Waals surface area contributed by atoms with Gasteiger partial charge in [-0.15, -0.1) is 0 Å². The molecule has 5 nitrogen and oxygen atoms in total. The van der Waals surface area contributed by atoms with Crippen LogP contribution in [-0.4, -0.2) is 24.4 Å². The van der Waals surface area contributed by atoms with Gasteiger partial charge in [0.2, 0.25) is 0 Å². The quantitative estimate of drug-likeness (QED) is 0.641. The number of carbonyl (C=O) groups is 1. The van der Waals surface area contributed by atoms with E-state index in [0.29, 0.717) is 17.3 Å². The lowest BCUT2D eigenvalue weighted by atomic mass is 9.94. The lowest BCUT2D eigenvalue weighted by Crippen LogP contribution is -2.30. The predicted molar refractivity (Wildman–Crippen MR) is 106 cm³/mol. The zero-order valence-electron chi connectivity index (χ0n) is 15.0. The second-order valence-corrected chi connectivity index (χ2v) is 6.91. The topological polar surface area (TPSA) is 65.8 Å². The largest absolute Gasteiger partial charge is 0.309 e. The van der Waals surface area contributed by atoms with E-state index < -0.39 is 0 Å². The molecular formula is C20H21ClN4O. The molecule has 2 aromatic carbocycles. The van der Waals surface area contributed by atoms with Crippen LogP contribution in [0.2, 0.25) is 5.02 Å². The van der Waals surface area contributed by atoms with Crippen molar-refractivity contribution in [3.8, 4) is 0 Å². The third-order valence-corrected chi connectivity index (χ3v) is 4.68. The Labute approximate surface area is 158 Å². The molecule has 1 unspecified atom stereocenters. The SMILES string of the molecule is Cc1cc(C)c(/C=N\NC(=O)C2=NNCC2c2ccc(Cl)cc2)c(C)c1. The van der Waals surface area contributed by atoms with Crippen LogP contribution in [0.3, 0.4) is 0 Å². The molecule has 1 heterocycles. The lowest BCUT2D eigenvalue weighted by Gasteiger charge is -2.11. The molecule has 0 aliphatic carbocycles. The summed E-state index contributed by atoms with van der Waals surface area (Å²) in [6.45, 7) is 6.70. The molecule has 0 aromatic heterocycles. The van der Waals surface area contributed by atoms with Gasteiger partial charge in [-0.1, -0.05) is 41.4 Å². The highest BCUT2D eigenvalue weighted by Crippen LogP contribution is 2.22. The first kappa shape index (κ1) is 18.1. The second-order valence-electron chi connectivity index (χ2n) is 6.47. The number of aryl methyl sites for hydroxylation is 3. The van der Waals surface area contributed by atoms with Crippen LogP contribution in [0.4, 0.5) is 0 Å². The highest BCUT2D eigenvalue weighted by molar-refractivity contribution is 6.41. The van der Waals surface area contributed by atoms with Crippen LogP contribution in [0.15, 0.2) is 46.6 Å². The Morgan fingerprint density at radius 1 is 1.23 bits per heavy atom. The minimum absolute atomic E-state index is 0.120. The number of halogens is 1. The molecule has 2 N–H and O–H groups in total. The monoisotopic (exact) mass is 368 g/mol. The molecule has 6 heteroatoms. The highest BCUT2D eigenvalue weighted by Gasteiger charge is 2.28. The number of amides is 1. The fraction of sp³-hybridized carbons (Fsp3) is 0.250. The first-order chi connectivity index (χ1) is 12.5. The summed E-state index contributed by atoms with van der Waals surface area (Å²) in [5, 5.41) is 8.92. The summed E-state index contributed by atoms with van der Waals surface area (Å²) < 4.78 is 0. The van der Waals surface area contributed by atoms with Gasteiger partial charge in [0.15, 0.2) is 0 Å². The summed E-state index contributed by atoms with van der Waals surface area (Å²) in [5.41, 5.74) is 11.4. The van der Waals surface area contributed by atoms with Crippen LogP contribution in [0.5, 0.6) is 0 Å². The van der Waals surface area contributed by atoms with Crippen molar-refractivity contribution in [1.29, 1.82) is 0 Å². The fourth-order valence-electron chi connectivity index (χ4n) is 3.18. The molecule has 0 saturated carbocycles. The van der Waals surface area contributed by atoms with Crippen molar-refractivity contribution in [3.05, 3.63) is 69.2 Å². The maximum atomic E-state index is 12.5. The molecule has 0 saturated heterocycles. The summed E-state index contributed by atoms with van der Waals surface area (Å²) >= 11 is 5.93. The number of hydrogen-bond donors (Lipinski definition) is 2. The maximum absolute atomic E-state index is 12.5. The van der Waals surface area contributed by atoms with Crippen molar-refractivity contribution in [2.45, 2.75) is 26.7 Å². The highest BCUT2D eigenvalue weighted by atomic mass is 35.5. The number of nitrogens with zero attached hydrogens (tertiary/aromatic N) is 2. The predicted octanol–water partition coefficient (Wildman–Crippen LogP) is 3.46. The number of benzene rings is 2. The van der Waals surface area contributed by atoms with E-state index in [1.54, 1.807) is 6.21 Å². The molecular weight excluding hydrogens is 348 g/mol. The van der Waals surface area contributed by atoms with Gasteiger partial charge in [-0.3, -0.25) is 4.79 Å². The van der Waals surface area contributed by atoms with E-state index in [-0.39, 0.29) is 11.8 Å². The van der Waals surface area contributed by atoms with Gasteiger partial charge in [-0.2, -0.15) is 10.2 Å². The first-order valence-electron chi connectivity index (χ1n) is 8.43. The zero-order chi connectivity index (χ0) is 18.7. The van der Waals surface area contributed by atoms with Gasteiger partial charge in [0.25, 0.3) is 5.91 Å². The van der Waals surface area contributed by atoms with Gasteiger partial charge < -0.3 is 5.43 Å². The molecule has 134 valence electrons. The van der Waals surface area contributed by atoms with Gasteiger partial charge in [-0.05, 0) is 49.6 Å². The number of hydrogen-bond acceptors (Lipinski definition) is 4. The average Bonchev–Trinajstić information content (AvgIpc) is 3.07. The van der Waals surface area contributed by atoms with Crippen LogP contribution in [-0.2, 0) is 4.79 Å². The van der Waals surface area contributed by atoms with Crippen molar-refractivity contribution < 1.29 is 4.79 Å². The minimum Gasteiger partial charge on any atom is -0.309 e. The number of nitrogens with one attached hydrogen (secondary N) is 2. The van der Waals surface area contributed by atoms with E-state index >= 15 is 0 Å². The van der Waals surface area contributed by atoms with E-state index in [1.807, 2.05) is 38.1 Å². The van der Waals surface area contributed by atoms with E-state index in [0.717, 1.165) is 22.3 Å². The van der Waals surface area contributed by atoms with Gasteiger partial charge >= 0.3 is 0 Å². The Balaban J connectivity index is 1.71. The minimum atomic E-state index is -0.311. The van der Waals surface area contributed by atoms with Crippen molar-refractivity contribution in [2.75, 3.05) is 6.54 Å². The zero-order valence-corrected chi connectivity index (χ0v) is 15.8. The van der Waals surface area contributed by atoms with Crippen molar-refractivity contribution in [3.63, 3.8) is 0 Å². The maximum Gasteiger partial charge on any atom is 0.288 e. The normalized spacial score (nSPS) is 16.5. The van der Waals surface area contributed by atoms with Crippen molar-refractivity contribution in [2.24, 2.45) is 10.2 Å². The summed E-state index contributed by atoms with van der Waals surface area (Å²) in [5.74, 6) is -0.432. The Morgan fingerprint density at radius 2 is 1.88 bits per heavy atom. The summed E-state index contributed by atoms with van der Waals surface area (Å²) in [7, 11) is 0. The van der Waals surface area contributed by atoms with E-state index in [2.05, 4.69) is 40.1 Å². The van der Waals surface area contributed by atoms with Crippen LogP contribution < -0.4 is 10.9 Å². The smallest absolute Gasteiger partial charge is 0.288 e. The van der Waals surface area contributed by atoms with Crippen LogP contribution in [0.25, 0.3) is 0 Å². The molecule has 0 bridgehead atoms. The molecule has 0 spiro atoms. The molecule has 1 atom stereocenters. The molecule has 1 aliphatic heterocycles. The van der Waals surface area contributed by atoms with Crippen LogP contribution in [0, 0.1) is 20.8 Å². The Morgan fingerprint density at radius 3 is 2.54 bits per heavy atom. The van der Waals surface area contributed by atoms with E-state index in [9.17, 15) is 4.79 Å². The number of rotatable bonds is 4. The fourth-order valence-corrected chi connectivity index (χ4v) is 3.31. The van der Waals surface area contributed by atoms with Crippen LogP contribution >= 0.6 is 11.6 Å². The number of carbonyl (C=O) groups excluding carboxylic acids is 1. The van der Waals surface area contributed by atoms with E-state index in [4.69, 9.17) is 11.6 Å².